The number of pyridine rings is 1. The van der Waals surface area contributed by atoms with Crippen LogP contribution in [0, 0.1) is 13.8 Å². The Bertz CT molecular complexity index is 1190. The molecule has 0 N–H and O–H groups in total. The van der Waals surface area contributed by atoms with E-state index >= 15 is 0 Å². The number of carbonyl (C=O) groups excluding carboxylic acids is 1. The lowest BCUT2D eigenvalue weighted by Crippen LogP contribution is -2.32. The highest BCUT2D eigenvalue weighted by Crippen LogP contribution is 2.32. The lowest BCUT2D eigenvalue weighted by molar-refractivity contribution is -0.118. The van der Waals surface area contributed by atoms with Crippen molar-refractivity contribution < 1.29 is 9.53 Å². The van der Waals surface area contributed by atoms with Crippen molar-refractivity contribution in [2.75, 3.05) is 12.0 Å². The van der Waals surface area contributed by atoms with Gasteiger partial charge in [0.25, 0.3) is 0 Å². The van der Waals surface area contributed by atoms with E-state index in [1.807, 2.05) is 42.5 Å². The topological polar surface area (TPSA) is 55.3 Å². The molecule has 0 saturated heterocycles. The van der Waals surface area contributed by atoms with Crippen LogP contribution in [-0.4, -0.2) is 23.0 Å². The number of amides is 1. The molecule has 0 aliphatic carbocycles. The third-order valence-corrected chi connectivity index (χ3v) is 6.15. The van der Waals surface area contributed by atoms with Gasteiger partial charge in [0.05, 0.1) is 36.0 Å². The number of fused-ring (bicyclic) bond motifs is 1. The number of aromatic nitrogens is 2. The summed E-state index contributed by atoms with van der Waals surface area (Å²) in [5, 5.41) is 0.665. The van der Waals surface area contributed by atoms with E-state index in [0.717, 1.165) is 27.2 Å². The first-order valence-electron chi connectivity index (χ1n) is 9.74. The predicted octanol–water partition coefficient (Wildman–Crippen LogP) is 5.09. The smallest absolute Gasteiger partial charge is 0.233 e. The minimum absolute atomic E-state index is 0.00470. The van der Waals surface area contributed by atoms with Crippen LogP contribution < -0.4 is 9.64 Å². The van der Waals surface area contributed by atoms with Crippen molar-refractivity contribution in [1.82, 2.24) is 9.97 Å². The Balaban J connectivity index is 1.68. The number of nitrogens with zero attached hydrogens (tertiary/aromatic N) is 3. The normalized spacial score (nSPS) is 10.9. The van der Waals surface area contributed by atoms with Gasteiger partial charge in [-0.2, -0.15) is 0 Å². The molecular weight excluding hydrogens is 394 g/mol. The molecule has 0 radical (unpaired) electrons. The van der Waals surface area contributed by atoms with Crippen molar-refractivity contribution in [3.63, 3.8) is 0 Å². The van der Waals surface area contributed by atoms with E-state index in [-0.39, 0.29) is 5.91 Å². The fourth-order valence-electron chi connectivity index (χ4n) is 3.24. The van der Waals surface area contributed by atoms with E-state index in [9.17, 15) is 4.79 Å². The number of aryl methyl sites for hydroxylation is 2. The van der Waals surface area contributed by atoms with E-state index < -0.39 is 0 Å². The number of hydrogen-bond acceptors (Lipinski definition) is 5. The Hall–Kier alpha value is -3.25. The molecule has 5 nitrogen and oxygen atoms in total. The number of methoxy groups -OCH3 is 1. The van der Waals surface area contributed by atoms with Crippen LogP contribution in [0.1, 0.15) is 22.4 Å². The molecule has 152 valence electrons. The predicted molar refractivity (Wildman–Crippen MR) is 121 cm³/mol. The van der Waals surface area contributed by atoms with Crippen molar-refractivity contribution in [3.05, 3.63) is 83.2 Å². The van der Waals surface area contributed by atoms with E-state index in [1.54, 1.807) is 18.2 Å². The van der Waals surface area contributed by atoms with Crippen LogP contribution in [0.15, 0.2) is 60.8 Å². The average Bonchev–Trinajstić information content (AvgIpc) is 3.18. The number of carbonyl (C=O) groups is 1. The minimum Gasteiger partial charge on any atom is -0.497 e. The first-order chi connectivity index (χ1) is 14.5. The van der Waals surface area contributed by atoms with Crippen LogP contribution in [-0.2, 0) is 17.8 Å². The summed E-state index contributed by atoms with van der Waals surface area (Å²) < 4.78 is 6.32. The van der Waals surface area contributed by atoms with Crippen LogP contribution in [0.25, 0.3) is 10.2 Å². The SMILES string of the molecule is COc1ccc2sc(N(Cc3ccccn3)C(=O)Cc3ccc(C)c(C)c3)nc2c1. The molecule has 1 amide bonds. The van der Waals surface area contributed by atoms with Crippen LogP contribution in [0.3, 0.4) is 0 Å². The molecule has 0 aliphatic rings. The quantitative estimate of drug-likeness (QED) is 0.438. The molecule has 0 unspecified atom stereocenters. The van der Waals surface area contributed by atoms with Crippen molar-refractivity contribution in [2.45, 2.75) is 26.8 Å². The number of hydrogen-bond donors (Lipinski definition) is 0. The number of benzene rings is 2. The summed E-state index contributed by atoms with van der Waals surface area (Å²) in [6, 6.07) is 17.6. The molecule has 30 heavy (non-hydrogen) atoms. The van der Waals surface area contributed by atoms with Gasteiger partial charge in [0.2, 0.25) is 5.91 Å². The molecule has 4 rings (SSSR count). The average molecular weight is 418 g/mol. The van der Waals surface area contributed by atoms with E-state index in [4.69, 9.17) is 9.72 Å². The lowest BCUT2D eigenvalue weighted by Gasteiger charge is -2.20. The molecule has 0 aliphatic heterocycles. The fourth-order valence-corrected chi connectivity index (χ4v) is 4.20. The van der Waals surface area contributed by atoms with Crippen molar-refractivity contribution >= 4 is 32.6 Å². The van der Waals surface area contributed by atoms with Gasteiger partial charge < -0.3 is 4.74 Å². The van der Waals surface area contributed by atoms with Gasteiger partial charge >= 0.3 is 0 Å². The van der Waals surface area contributed by atoms with Crippen LogP contribution in [0.2, 0.25) is 0 Å². The maximum atomic E-state index is 13.4. The van der Waals surface area contributed by atoms with Crippen LogP contribution in [0.5, 0.6) is 5.75 Å². The molecule has 0 bridgehead atoms. The number of ether oxygens (including phenoxy) is 1. The molecule has 2 aromatic carbocycles. The Kier molecular flexibility index (Phi) is 5.77. The largest absolute Gasteiger partial charge is 0.497 e. The monoisotopic (exact) mass is 417 g/mol. The molecule has 6 heteroatoms. The second-order valence-corrected chi connectivity index (χ2v) is 8.24. The minimum atomic E-state index is -0.00470. The van der Waals surface area contributed by atoms with Crippen LogP contribution in [0.4, 0.5) is 5.13 Å². The summed E-state index contributed by atoms with van der Waals surface area (Å²) >= 11 is 1.50. The Morgan fingerprint density at radius 1 is 1.07 bits per heavy atom. The molecule has 0 spiro atoms. The molecule has 0 saturated carbocycles. The second kappa shape index (κ2) is 8.63. The maximum absolute atomic E-state index is 13.4. The zero-order valence-corrected chi connectivity index (χ0v) is 18.1. The number of thiazole rings is 1. The third kappa shape index (κ3) is 4.33. The molecule has 4 aromatic rings. The zero-order chi connectivity index (χ0) is 21.1. The fraction of sp³-hybridized carbons (Fsp3) is 0.208. The summed E-state index contributed by atoms with van der Waals surface area (Å²) in [5.41, 5.74) is 5.04. The summed E-state index contributed by atoms with van der Waals surface area (Å²) in [6.07, 6.45) is 2.05. The van der Waals surface area contributed by atoms with Gasteiger partial charge in [-0.15, -0.1) is 0 Å². The summed E-state index contributed by atoms with van der Waals surface area (Å²) in [4.78, 5) is 24.2. The first-order valence-corrected chi connectivity index (χ1v) is 10.6. The molecule has 2 heterocycles. The molecule has 2 aromatic heterocycles. The summed E-state index contributed by atoms with van der Waals surface area (Å²) in [7, 11) is 1.63. The molecule has 0 fully saturated rings. The van der Waals surface area contributed by atoms with Gasteiger partial charge in [-0.25, -0.2) is 4.98 Å². The highest BCUT2D eigenvalue weighted by molar-refractivity contribution is 7.22. The molecular formula is C24H23N3O2S. The van der Waals surface area contributed by atoms with Gasteiger partial charge in [0, 0.05) is 12.3 Å². The summed E-state index contributed by atoms with van der Waals surface area (Å²) in [6.45, 7) is 4.51. The second-order valence-electron chi connectivity index (χ2n) is 7.23. The van der Waals surface area contributed by atoms with Gasteiger partial charge in [-0.3, -0.25) is 14.7 Å². The Morgan fingerprint density at radius 3 is 2.67 bits per heavy atom. The zero-order valence-electron chi connectivity index (χ0n) is 17.3. The number of anilines is 1. The van der Waals surface area contributed by atoms with E-state index in [1.165, 1.54) is 22.5 Å². The molecule has 0 atom stereocenters. The van der Waals surface area contributed by atoms with Gasteiger partial charge in [-0.05, 0) is 54.8 Å². The Labute approximate surface area is 180 Å². The van der Waals surface area contributed by atoms with Gasteiger partial charge in [-0.1, -0.05) is 35.6 Å². The van der Waals surface area contributed by atoms with Crippen LogP contribution >= 0.6 is 11.3 Å². The highest BCUT2D eigenvalue weighted by Gasteiger charge is 2.21. The van der Waals surface area contributed by atoms with Crippen molar-refractivity contribution in [2.24, 2.45) is 0 Å². The van der Waals surface area contributed by atoms with Crippen molar-refractivity contribution in [3.8, 4) is 5.75 Å². The number of rotatable bonds is 6. The van der Waals surface area contributed by atoms with Gasteiger partial charge in [0.15, 0.2) is 5.13 Å². The first kappa shape index (κ1) is 20.0. The van der Waals surface area contributed by atoms with Crippen molar-refractivity contribution in [1.29, 1.82) is 0 Å². The Morgan fingerprint density at radius 2 is 1.93 bits per heavy atom. The third-order valence-electron chi connectivity index (χ3n) is 5.09. The van der Waals surface area contributed by atoms with Gasteiger partial charge in [0.1, 0.15) is 5.75 Å². The van der Waals surface area contributed by atoms with E-state index in [2.05, 4.69) is 31.0 Å². The summed E-state index contributed by atoms with van der Waals surface area (Å²) in [5.74, 6) is 0.743. The lowest BCUT2D eigenvalue weighted by atomic mass is 10.0. The highest BCUT2D eigenvalue weighted by atomic mass is 32.1. The standard InChI is InChI=1S/C24H23N3O2S/c1-16-7-8-18(12-17(16)2)13-23(28)27(15-19-6-4-5-11-25-19)24-26-21-14-20(29-3)9-10-22(21)30-24/h4-12,14H,13,15H2,1-3H3. The van der Waals surface area contributed by atoms with E-state index in [0.29, 0.717) is 18.1 Å². The maximum Gasteiger partial charge on any atom is 0.233 e.